The van der Waals surface area contributed by atoms with Crippen LogP contribution in [-0.4, -0.2) is 26.8 Å². The van der Waals surface area contributed by atoms with Crippen LogP contribution in [0.15, 0.2) is 72.9 Å². The van der Waals surface area contributed by atoms with Crippen molar-refractivity contribution < 1.29 is 22.8 Å². The van der Waals surface area contributed by atoms with E-state index in [1.54, 1.807) is 6.07 Å². The van der Waals surface area contributed by atoms with Gasteiger partial charge in [-0.1, -0.05) is 47.7 Å². The summed E-state index contributed by atoms with van der Waals surface area (Å²) in [4.78, 5) is 35.5. The Morgan fingerprint density at radius 3 is 2.41 bits per heavy atom. The quantitative estimate of drug-likeness (QED) is 0.243. The summed E-state index contributed by atoms with van der Waals surface area (Å²) in [7, 11) is 0. The molecule has 3 aromatic carbocycles. The van der Waals surface area contributed by atoms with Gasteiger partial charge in [0.05, 0.1) is 22.8 Å². The lowest BCUT2D eigenvalue weighted by Crippen LogP contribution is -2.10. The van der Waals surface area contributed by atoms with Gasteiger partial charge in [-0.3, -0.25) is 9.59 Å². The topological polar surface area (TPSA) is 99.8 Å². The molecule has 0 fully saturated rings. The van der Waals surface area contributed by atoms with Crippen LogP contribution in [0.25, 0.3) is 33.5 Å². The fourth-order valence-corrected chi connectivity index (χ4v) is 4.46. The molecule has 0 saturated carbocycles. The highest BCUT2D eigenvalue weighted by Crippen LogP contribution is 2.32. The monoisotopic (exact) mass is 521 g/mol. The highest BCUT2D eigenvalue weighted by molar-refractivity contribution is 7.17. The lowest BCUT2D eigenvalue weighted by Gasteiger charge is -2.07. The van der Waals surface area contributed by atoms with Gasteiger partial charge in [0.15, 0.2) is 5.13 Å². The highest BCUT2D eigenvalue weighted by Gasteiger charge is 2.30. The molecule has 11 heteroatoms. The van der Waals surface area contributed by atoms with Crippen molar-refractivity contribution in [3.8, 4) is 22.5 Å². The minimum absolute atomic E-state index is 0.268. The maximum atomic E-state index is 13.0. The molecule has 0 bridgehead atoms. The number of fused-ring (bicyclic) bond motifs is 1. The van der Waals surface area contributed by atoms with Crippen LogP contribution < -0.4 is 10.6 Å². The van der Waals surface area contributed by atoms with Crippen LogP contribution in [0.1, 0.15) is 22.2 Å². The van der Waals surface area contributed by atoms with E-state index in [0.29, 0.717) is 32.6 Å². The number of amides is 2. The predicted molar refractivity (Wildman–Crippen MR) is 136 cm³/mol. The first-order valence-electron chi connectivity index (χ1n) is 11.0. The molecule has 37 heavy (non-hydrogen) atoms. The second-order valence-corrected chi connectivity index (χ2v) is 9.17. The number of halogens is 3. The average Bonchev–Trinajstić information content (AvgIpc) is 3.50. The molecule has 7 nitrogen and oxygen atoms in total. The van der Waals surface area contributed by atoms with Gasteiger partial charge in [-0.25, -0.2) is 9.97 Å². The number of hydrogen-bond acceptors (Lipinski definition) is 5. The summed E-state index contributed by atoms with van der Waals surface area (Å²) in [6.45, 7) is 1.36. The van der Waals surface area contributed by atoms with E-state index in [0.717, 1.165) is 40.2 Å². The molecule has 2 amide bonds. The van der Waals surface area contributed by atoms with Gasteiger partial charge in [0, 0.05) is 18.2 Å². The van der Waals surface area contributed by atoms with E-state index >= 15 is 0 Å². The minimum Gasteiger partial charge on any atom is -0.338 e. The molecule has 0 atom stereocenters. The van der Waals surface area contributed by atoms with Gasteiger partial charge in [0.25, 0.3) is 5.91 Å². The number of alkyl halides is 3. The summed E-state index contributed by atoms with van der Waals surface area (Å²) in [6, 6.07) is 18.1. The Kier molecular flexibility index (Phi) is 6.22. The van der Waals surface area contributed by atoms with Gasteiger partial charge in [0.2, 0.25) is 5.91 Å². The van der Waals surface area contributed by atoms with Crippen LogP contribution in [0.3, 0.4) is 0 Å². The number of rotatable bonds is 5. The van der Waals surface area contributed by atoms with Crippen molar-refractivity contribution >= 4 is 45.0 Å². The number of aromatic nitrogens is 3. The molecular formula is C26H18F3N5O2S. The maximum absolute atomic E-state index is 13.0. The first-order valence-corrected chi connectivity index (χ1v) is 11.8. The van der Waals surface area contributed by atoms with E-state index in [-0.39, 0.29) is 11.8 Å². The van der Waals surface area contributed by atoms with E-state index in [1.165, 1.54) is 19.2 Å². The Bertz CT molecular complexity index is 1620. The molecule has 0 unspecified atom stereocenters. The van der Waals surface area contributed by atoms with Gasteiger partial charge in [0.1, 0.15) is 10.7 Å². The zero-order valence-electron chi connectivity index (χ0n) is 19.2. The molecule has 5 rings (SSSR count). The SMILES string of the molecule is CC(=O)Nc1ncc(C(=O)Nc2cccc(-c3ccc(-c4nc5ccc(C(F)(F)F)cc5[nH]4)cc3)c2)s1. The summed E-state index contributed by atoms with van der Waals surface area (Å²) < 4.78 is 39.0. The molecule has 0 saturated heterocycles. The molecule has 5 aromatic rings. The number of aromatic amines is 1. The standard InChI is InChI=1S/C26H18F3N5O2S/c1-14(35)31-25-30-13-22(37-25)24(36)32-19-4-2-3-17(11-19)15-5-7-16(8-6-15)23-33-20-10-9-18(26(27,28)29)12-21(20)34-23/h2-13H,1H3,(H,32,36)(H,33,34)(H,30,31,35). The molecular weight excluding hydrogens is 503 g/mol. The van der Waals surface area contributed by atoms with Gasteiger partial charge in [-0.2, -0.15) is 13.2 Å². The van der Waals surface area contributed by atoms with E-state index in [2.05, 4.69) is 25.6 Å². The molecule has 0 spiro atoms. The Hall–Kier alpha value is -4.51. The summed E-state index contributed by atoms with van der Waals surface area (Å²) >= 11 is 1.07. The lowest BCUT2D eigenvalue weighted by atomic mass is 10.0. The van der Waals surface area contributed by atoms with E-state index in [1.807, 2.05) is 42.5 Å². The summed E-state index contributed by atoms with van der Waals surface area (Å²) in [5.74, 6) is -0.152. The van der Waals surface area contributed by atoms with Crippen molar-refractivity contribution in [3.63, 3.8) is 0 Å². The summed E-state index contributed by atoms with van der Waals surface area (Å²) in [6.07, 6.45) is -3.03. The third-order valence-electron chi connectivity index (χ3n) is 5.43. The number of carbonyl (C=O) groups excluding carboxylic acids is 2. The average molecular weight is 522 g/mol. The Morgan fingerprint density at radius 2 is 1.68 bits per heavy atom. The van der Waals surface area contributed by atoms with Gasteiger partial charge in [-0.05, 0) is 41.5 Å². The molecule has 3 N–H and O–H groups in total. The largest absolute Gasteiger partial charge is 0.416 e. The first kappa shape index (κ1) is 24.2. The number of imidazole rings is 1. The molecule has 0 aliphatic carbocycles. The van der Waals surface area contributed by atoms with E-state index < -0.39 is 11.7 Å². The second kappa shape index (κ2) is 9.51. The van der Waals surface area contributed by atoms with Crippen molar-refractivity contribution in [2.24, 2.45) is 0 Å². The van der Waals surface area contributed by atoms with Crippen molar-refractivity contribution in [1.29, 1.82) is 0 Å². The minimum atomic E-state index is -4.43. The van der Waals surface area contributed by atoms with Crippen LogP contribution in [0.5, 0.6) is 0 Å². The van der Waals surface area contributed by atoms with Crippen molar-refractivity contribution in [1.82, 2.24) is 15.0 Å². The molecule has 0 radical (unpaired) electrons. The zero-order chi connectivity index (χ0) is 26.2. The van der Waals surface area contributed by atoms with Gasteiger partial charge < -0.3 is 15.6 Å². The van der Waals surface area contributed by atoms with Crippen molar-refractivity contribution in [2.75, 3.05) is 10.6 Å². The molecule has 2 heterocycles. The summed E-state index contributed by atoms with van der Waals surface area (Å²) in [5.41, 5.74) is 3.05. The van der Waals surface area contributed by atoms with Crippen molar-refractivity contribution in [3.05, 3.63) is 83.4 Å². The number of H-pyrrole nitrogens is 1. The van der Waals surface area contributed by atoms with Crippen LogP contribution >= 0.6 is 11.3 Å². The number of benzene rings is 3. The van der Waals surface area contributed by atoms with Crippen LogP contribution in [0, 0.1) is 0 Å². The third kappa shape index (κ3) is 5.36. The normalized spacial score (nSPS) is 11.5. The maximum Gasteiger partial charge on any atom is 0.416 e. The third-order valence-corrected chi connectivity index (χ3v) is 6.35. The number of thiazole rings is 1. The lowest BCUT2D eigenvalue weighted by molar-refractivity contribution is -0.137. The fourth-order valence-electron chi connectivity index (χ4n) is 3.70. The highest BCUT2D eigenvalue weighted by atomic mass is 32.1. The number of carbonyl (C=O) groups is 2. The fraction of sp³-hybridized carbons (Fsp3) is 0.0769. The number of anilines is 2. The summed E-state index contributed by atoms with van der Waals surface area (Å²) in [5, 5.41) is 5.71. The molecule has 186 valence electrons. The van der Waals surface area contributed by atoms with E-state index in [4.69, 9.17) is 0 Å². The Balaban J connectivity index is 1.33. The van der Waals surface area contributed by atoms with Crippen LogP contribution in [0.4, 0.5) is 24.0 Å². The smallest absolute Gasteiger partial charge is 0.338 e. The number of nitrogens with one attached hydrogen (secondary N) is 3. The zero-order valence-corrected chi connectivity index (χ0v) is 20.0. The Labute approximate surface area is 212 Å². The van der Waals surface area contributed by atoms with E-state index in [9.17, 15) is 22.8 Å². The van der Waals surface area contributed by atoms with Gasteiger partial charge >= 0.3 is 6.18 Å². The second-order valence-electron chi connectivity index (χ2n) is 8.14. The molecule has 0 aliphatic rings. The predicted octanol–water partition coefficient (Wildman–Crippen LogP) is 6.58. The van der Waals surface area contributed by atoms with Crippen LogP contribution in [0.2, 0.25) is 0 Å². The first-order chi connectivity index (χ1) is 17.7. The molecule has 2 aromatic heterocycles. The number of nitrogens with zero attached hydrogens (tertiary/aromatic N) is 2. The Morgan fingerprint density at radius 1 is 0.919 bits per heavy atom. The van der Waals surface area contributed by atoms with Crippen molar-refractivity contribution in [2.45, 2.75) is 13.1 Å². The van der Waals surface area contributed by atoms with Gasteiger partial charge in [-0.15, -0.1) is 0 Å². The molecule has 0 aliphatic heterocycles. The van der Waals surface area contributed by atoms with Crippen LogP contribution in [-0.2, 0) is 11.0 Å². The number of hydrogen-bond donors (Lipinski definition) is 3.